The van der Waals surface area contributed by atoms with Crippen molar-refractivity contribution >= 4 is 22.6 Å². The van der Waals surface area contributed by atoms with Crippen molar-refractivity contribution < 1.29 is 14.3 Å². The lowest BCUT2D eigenvalue weighted by atomic mass is 10.0. The van der Waals surface area contributed by atoms with Gasteiger partial charge in [0.1, 0.15) is 5.75 Å². The highest BCUT2D eigenvalue weighted by Gasteiger charge is 2.26. The fourth-order valence-corrected chi connectivity index (χ4v) is 5.62. The van der Waals surface area contributed by atoms with E-state index in [0.29, 0.717) is 11.1 Å². The standard InChI is InChI=1S/C38H54N2O3/c1-4-7-9-11-12-13-14-19-28-43-36-27-26-32-29-34(25-24-33(32)30-36)37(41)39-40(38(42)31-21-16-15-17-22-31)35(20-6-3)23-18-10-8-5-2/h15-17,21-22,24-27,29-30,35H,4-14,18-20,23,28H2,1-3H3,(H,39,41). The van der Waals surface area contributed by atoms with Crippen molar-refractivity contribution in [3.05, 3.63) is 77.9 Å². The summed E-state index contributed by atoms with van der Waals surface area (Å²) in [6.45, 7) is 7.31. The van der Waals surface area contributed by atoms with Crippen LogP contribution in [0.1, 0.15) is 138 Å². The molecule has 5 nitrogen and oxygen atoms in total. The molecule has 0 saturated carbocycles. The van der Waals surface area contributed by atoms with Crippen LogP contribution in [0.25, 0.3) is 10.8 Å². The zero-order valence-corrected chi connectivity index (χ0v) is 26.9. The summed E-state index contributed by atoms with van der Waals surface area (Å²) in [5.74, 6) is 0.426. The fourth-order valence-electron chi connectivity index (χ4n) is 5.62. The van der Waals surface area contributed by atoms with Gasteiger partial charge < -0.3 is 4.74 Å². The van der Waals surface area contributed by atoms with Crippen molar-refractivity contribution in [2.24, 2.45) is 0 Å². The zero-order valence-electron chi connectivity index (χ0n) is 26.9. The van der Waals surface area contributed by atoms with Gasteiger partial charge in [-0.3, -0.25) is 15.0 Å². The summed E-state index contributed by atoms with van der Waals surface area (Å²) in [6.07, 6.45) is 17.4. The van der Waals surface area contributed by atoms with E-state index in [1.54, 1.807) is 5.01 Å². The number of carbonyl (C=O) groups is 2. The summed E-state index contributed by atoms with van der Waals surface area (Å²) in [7, 11) is 0. The highest BCUT2D eigenvalue weighted by atomic mass is 16.5. The van der Waals surface area contributed by atoms with Crippen LogP contribution in [0.4, 0.5) is 0 Å². The Morgan fingerprint density at radius 1 is 0.651 bits per heavy atom. The van der Waals surface area contributed by atoms with Gasteiger partial charge in [0.05, 0.1) is 12.6 Å². The lowest BCUT2D eigenvalue weighted by molar-refractivity contribution is 0.0451. The van der Waals surface area contributed by atoms with Crippen LogP contribution in [0, 0.1) is 0 Å². The molecule has 0 aromatic heterocycles. The van der Waals surface area contributed by atoms with Crippen molar-refractivity contribution in [3.63, 3.8) is 0 Å². The molecule has 0 heterocycles. The Labute approximate surface area is 260 Å². The Kier molecular flexibility index (Phi) is 15.7. The topological polar surface area (TPSA) is 58.6 Å². The van der Waals surface area contributed by atoms with Crippen molar-refractivity contribution in [2.45, 2.75) is 123 Å². The quantitative estimate of drug-likeness (QED) is 0.106. The third kappa shape index (κ3) is 11.7. The van der Waals surface area contributed by atoms with Crippen molar-refractivity contribution in [3.8, 4) is 5.75 Å². The molecule has 3 aromatic rings. The van der Waals surface area contributed by atoms with Gasteiger partial charge in [-0.2, -0.15) is 0 Å². The number of ether oxygens (including phenoxy) is 1. The maximum Gasteiger partial charge on any atom is 0.272 e. The van der Waals surface area contributed by atoms with E-state index < -0.39 is 0 Å². The number of unbranched alkanes of at least 4 members (excludes halogenated alkanes) is 10. The highest BCUT2D eigenvalue weighted by molar-refractivity contribution is 6.01. The van der Waals surface area contributed by atoms with Crippen LogP contribution in [-0.2, 0) is 0 Å². The molecule has 0 aliphatic rings. The number of hydrogen-bond acceptors (Lipinski definition) is 3. The molecule has 1 unspecified atom stereocenters. The van der Waals surface area contributed by atoms with E-state index >= 15 is 0 Å². The van der Waals surface area contributed by atoms with E-state index in [0.717, 1.165) is 68.1 Å². The van der Waals surface area contributed by atoms with Gasteiger partial charge in [0.25, 0.3) is 11.8 Å². The van der Waals surface area contributed by atoms with Gasteiger partial charge in [0, 0.05) is 11.1 Å². The van der Waals surface area contributed by atoms with E-state index in [1.807, 2.05) is 66.7 Å². The van der Waals surface area contributed by atoms with Gasteiger partial charge >= 0.3 is 0 Å². The first-order chi connectivity index (χ1) is 21.1. The van der Waals surface area contributed by atoms with Crippen LogP contribution in [-0.4, -0.2) is 29.5 Å². The molecule has 234 valence electrons. The molecular formula is C38H54N2O3. The summed E-state index contributed by atoms with van der Waals surface area (Å²) in [5, 5.41) is 3.60. The van der Waals surface area contributed by atoms with Gasteiger partial charge in [-0.05, 0) is 66.4 Å². The van der Waals surface area contributed by atoms with E-state index in [1.165, 1.54) is 51.4 Å². The minimum absolute atomic E-state index is 0.0558. The molecule has 43 heavy (non-hydrogen) atoms. The number of fused-ring (bicyclic) bond motifs is 1. The Morgan fingerprint density at radius 2 is 1.28 bits per heavy atom. The number of nitrogens with zero attached hydrogens (tertiary/aromatic N) is 1. The van der Waals surface area contributed by atoms with Gasteiger partial charge in [-0.15, -0.1) is 0 Å². The third-order valence-electron chi connectivity index (χ3n) is 8.18. The molecule has 3 rings (SSSR count). The highest BCUT2D eigenvalue weighted by Crippen LogP contribution is 2.24. The molecule has 1 atom stereocenters. The molecule has 0 saturated heterocycles. The average molecular weight is 587 g/mol. The lowest BCUT2D eigenvalue weighted by Gasteiger charge is -2.32. The van der Waals surface area contributed by atoms with Crippen molar-refractivity contribution in [1.82, 2.24) is 10.4 Å². The van der Waals surface area contributed by atoms with Gasteiger partial charge in [0.15, 0.2) is 0 Å². The van der Waals surface area contributed by atoms with Crippen LogP contribution in [0.5, 0.6) is 5.75 Å². The molecule has 0 fully saturated rings. The predicted molar refractivity (Wildman–Crippen MR) is 180 cm³/mol. The minimum atomic E-state index is -0.268. The first kappa shape index (κ1) is 34.2. The van der Waals surface area contributed by atoms with Crippen LogP contribution in [0.2, 0.25) is 0 Å². The summed E-state index contributed by atoms with van der Waals surface area (Å²) in [6, 6.07) is 20.9. The molecular weight excluding hydrogens is 532 g/mol. The van der Waals surface area contributed by atoms with Gasteiger partial charge in [-0.1, -0.05) is 128 Å². The number of carbonyl (C=O) groups excluding carboxylic acids is 2. The largest absolute Gasteiger partial charge is 0.494 e. The molecule has 0 spiro atoms. The van der Waals surface area contributed by atoms with Gasteiger partial charge in [0.2, 0.25) is 0 Å². The molecule has 1 N–H and O–H groups in total. The monoisotopic (exact) mass is 586 g/mol. The number of amides is 2. The van der Waals surface area contributed by atoms with E-state index in [-0.39, 0.29) is 17.9 Å². The second kappa shape index (κ2) is 19.8. The van der Waals surface area contributed by atoms with E-state index in [9.17, 15) is 9.59 Å². The Morgan fingerprint density at radius 3 is 1.98 bits per heavy atom. The van der Waals surface area contributed by atoms with Crippen LogP contribution < -0.4 is 10.2 Å². The maximum atomic E-state index is 13.7. The van der Waals surface area contributed by atoms with Crippen LogP contribution in [0.3, 0.4) is 0 Å². The first-order valence-electron chi connectivity index (χ1n) is 16.9. The smallest absolute Gasteiger partial charge is 0.272 e. The first-order valence-corrected chi connectivity index (χ1v) is 16.9. The molecule has 0 radical (unpaired) electrons. The number of hydrogen-bond donors (Lipinski definition) is 1. The fraction of sp³-hybridized carbons (Fsp3) is 0.526. The van der Waals surface area contributed by atoms with E-state index in [2.05, 4.69) is 26.2 Å². The average Bonchev–Trinajstić information content (AvgIpc) is 3.04. The normalized spacial score (nSPS) is 11.8. The number of benzene rings is 3. The van der Waals surface area contributed by atoms with Crippen LogP contribution in [0.15, 0.2) is 66.7 Å². The molecule has 2 amide bonds. The molecule has 3 aromatic carbocycles. The van der Waals surface area contributed by atoms with Gasteiger partial charge in [-0.25, -0.2) is 5.01 Å². The Bertz CT molecular complexity index is 1230. The number of rotatable bonds is 20. The second-order valence-corrected chi connectivity index (χ2v) is 11.8. The van der Waals surface area contributed by atoms with Crippen molar-refractivity contribution in [2.75, 3.05) is 6.61 Å². The lowest BCUT2D eigenvalue weighted by Crippen LogP contribution is -2.52. The summed E-state index contributed by atoms with van der Waals surface area (Å²) in [4.78, 5) is 27.2. The zero-order chi connectivity index (χ0) is 30.7. The second-order valence-electron chi connectivity index (χ2n) is 11.8. The Hall–Kier alpha value is -3.34. The minimum Gasteiger partial charge on any atom is -0.494 e. The molecule has 0 aliphatic carbocycles. The predicted octanol–water partition coefficient (Wildman–Crippen LogP) is 10.3. The summed E-state index contributed by atoms with van der Waals surface area (Å²) >= 11 is 0. The summed E-state index contributed by atoms with van der Waals surface area (Å²) in [5.41, 5.74) is 4.13. The summed E-state index contributed by atoms with van der Waals surface area (Å²) < 4.78 is 6.03. The van der Waals surface area contributed by atoms with Crippen LogP contribution >= 0.6 is 0 Å². The Balaban J connectivity index is 1.64. The maximum absolute atomic E-state index is 13.7. The number of nitrogens with one attached hydrogen (secondary N) is 1. The molecule has 0 aliphatic heterocycles. The molecule has 5 heteroatoms. The third-order valence-corrected chi connectivity index (χ3v) is 8.18. The number of hydrazine groups is 1. The van der Waals surface area contributed by atoms with E-state index in [4.69, 9.17) is 4.74 Å². The van der Waals surface area contributed by atoms with Crippen molar-refractivity contribution in [1.29, 1.82) is 0 Å². The molecule has 0 bridgehead atoms. The SMILES string of the molecule is CCCCCCCCCCOc1ccc2cc(C(=O)NN(C(=O)c3ccccc3)C(CCC)CCCCCC)ccc2c1.